The molecule has 19 heteroatoms. The van der Waals surface area contributed by atoms with Crippen LogP contribution in [0.4, 0.5) is 0 Å². The highest BCUT2D eigenvalue weighted by Crippen LogP contribution is 2.34. The summed E-state index contributed by atoms with van der Waals surface area (Å²) in [7, 11) is 0. The normalized spacial score (nSPS) is 37.3. The molecule has 3 saturated heterocycles. The lowest BCUT2D eigenvalue weighted by atomic mass is 9.96. The van der Waals surface area contributed by atoms with E-state index in [2.05, 4.69) is 0 Å². The lowest BCUT2D eigenvalue weighted by Gasteiger charge is -2.48. The van der Waals surface area contributed by atoms with Gasteiger partial charge in [0.15, 0.2) is 48.0 Å². The Morgan fingerprint density at radius 3 is 1.93 bits per heavy atom. The summed E-state index contributed by atoms with van der Waals surface area (Å²) in [4.78, 5) is 13.0. The van der Waals surface area contributed by atoms with Crippen molar-refractivity contribution in [1.29, 1.82) is 0 Å². The molecule has 5 rings (SSSR count). The fourth-order valence-electron chi connectivity index (χ4n) is 6.22. The van der Waals surface area contributed by atoms with Crippen molar-refractivity contribution in [2.24, 2.45) is 0 Å². The van der Waals surface area contributed by atoms with Gasteiger partial charge < -0.3 is 89.3 Å². The average molecular weight is 771 g/mol. The molecule has 2 aromatic carbocycles. The van der Waals surface area contributed by atoms with Crippen molar-refractivity contribution in [3.05, 3.63) is 53.6 Å². The lowest BCUT2D eigenvalue weighted by molar-refractivity contribution is -0.375. The molecule has 2 aromatic rings. The second-order valence-electron chi connectivity index (χ2n) is 13.2. The van der Waals surface area contributed by atoms with Gasteiger partial charge in [0.25, 0.3) is 0 Å². The molecular weight excluding hydrogens is 724 g/mol. The predicted molar refractivity (Wildman–Crippen MR) is 178 cm³/mol. The highest BCUT2D eigenvalue weighted by atomic mass is 16.8. The largest absolute Gasteiger partial charge is 0.504 e. The Bertz CT molecular complexity index is 1590. The Morgan fingerprint density at radius 2 is 1.28 bits per heavy atom. The van der Waals surface area contributed by atoms with Crippen LogP contribution in [0.15, 0.2) is 42.5 Å². The van der Waals surface area contributed by atoms with E-state index in [1.807, 2.05) is 0 Å². The standard InChI is InChI=1S/C35H46O19/c1-14-24(42)25(43)27(45)34(49-14)53-30-15(2)50-35(28(46)26(30)44)54-32-29(47)33(48-10-9-17-4-7-19(38)21(40)12-17)51-22(13-36)31(32)52-23(41)8-5-16-3-6-18(37)20(39)11-16/h3-8,11-12,14-15,22,24-40,42-47H,9-10,13H2,1-2H3/b8-5+/t14-,15+,22+,24-,25+,26+,27-,28-,29+,30-,31+,32+,33+,34+,35+/m1/s1. The number of phenols is 4. The molecule has 0 radical (unpaired) electrons. The van der Waals surface area contributed by atoms with E-state index >= 15 is 0 Å². The Morgan fingerprint density at radius 1 is 0.667 bits per heavy atom. The molecule has 3 fully saturated rings. The number of phenolic OH excluding ortho intramolecular Hbond substituents is 4. The minimum absolute atomic E-state index is 0.125. The number of aliphatic hydroxyl groups is 7. The van der Waals surface area contributed by atoms with Gasteiger partial charge in [0.2, 0.25) is 0 Å². The van der Waals surface area contributed by atoms with Crippen LogP contribution in [0.1, 0.15) is 25.0 Å². The van der Waals surface area contributed by atoms with Gasteiger partial charge in [-0.25, -0.2) is 4.79 Å². The number of aromatic hydroxyl groups is 4. The first-order valence-electron chi connectivity index (χ1n) is 17.1. The van der Waals surface area contributed by atoms with Crippen molar-refractivity contribution in [2.45, 2.75) is 112 Å². The van der Waals surface area contributed by atoms with E-state index in [1.165, 1.54) is 56.3 Å². The third-order valence-electron chi connectivity index (χ3n) is 9.34. The second kappa shape index (κ2) is 17.9. The lowest BCUT2D eigenvalue weighted by Crippen LogP contribution is -2.66. The molecule has 3 aliphatic rings. The summed E-state index contributed by atoms with van der Waals surface area (Å²) in [6.07, 6.45) is -20.9. The fourth-order valence-corrected chi connectivity index (χ4v) is 6.22. The van der Waals surface area contributed by atoms with Crippen molar-refractivity contribution in [2.75, 3.05) is 13.2 Å². The Labute approximate surface area is 308 Å². The zero-order valence-corrected chi connectivity index (χ0v) is 29.1. The van der Waals surface area contributed by atoms with Crippen molar-refractivity contribution < 1.29 is 94.1 Å². The molecule has 0 saturated carbocycles. The summed E-state index contributed by atoms with van der Waals surface area (Å²) in [6, 6.07) is 7.88. The molecule has 0 bridgehead atoms. The van der Waals surface area contributed by atoms with Crippen LogP contribution in [0.5, 0.6) is 23.0 Å². The fraction of sp³-hybridized carbons (Fsp3) is 0.571. The van der Waals surface area contributed by atoms with Gasteiger partial charge in [-0.3, -0.25) is 0 Å². The summed E-state index contributed by atoms with van der Waals surface area (Å²) >= 11 is 0. The first-order chi connectivity index (χ1) is 25.6. The molecule has 3 aliphatic heterocycles. The molecule has 11 N–H and O–H groups in total. The summed E-state index contributed by atoms with van der Waals surface area (Å²) in [5.41, 5.74) is 0.848. The highest BCUT2D eigenvalue weighted by molar-refractivity contribution is 5.87. The number of hydrogen-bond acceptors (Lipinski definition) is 19. The number of hydrogen-bond donors (Lipinski definition) is 11. The molecule has 0 aliphatic carbocycles. The number of rotatable bonds is 12. The Balaban J connectivity index is 1.33. The van der Waals surface area contributed by atoms with Crippen molar-refractivity contribution >= 4 is 12.0 Å². The van der Waals surface area contributed by atoms with E-state index in [-0.39, 0.29) is 30.3 Å². The maximum atomic E-state index is 13.0. The van der Waals surface area contributed by atoms with Crippen LogP contribution in [-0.2, 0) is 44.4 Å². The first kappa shape index (κ1) is 41.5. The molecule has 0 spiro atoms. The third kappa shape index (κ3) is 9.40. The van der Waals surface area contributed by atoms with Crippen LogP contribution in [0.2, 0.25) is 0 Å². The van der Waals surface area contributed by atoms with E-state index in [1.54, 1.807) is 0 Å². The maximum absolute atomic E-state index is 13.0. The van der Waals surface area contributed by atoms with Crippen LogP contribution < -0.4 is 0 Å². The minimum atomic E-state index is -1.91. The van der Waals surface area contributed by atoms with Crippen molar-refractivity contribution in [1.82, 2.24) is 0 Å². The van der Waals surface area contributed by atoms with Gasteiger partial charge in [-0.15, -0.1) is 0 Å². The number of esters is 1. The SMILES string of the molecule is C[C@@H]1O[C@@H](O[C@H]2[C@H](O)[C@@H](OCCc3ccc(O)c(O)c3)O[C@@H](CO)[C@@H]2OC(=O)/C=C/c2ccc(O)c(O)c2)[C@H](O)[C@H](O)[C@@H]1O[C@@H]1O[C@H](C)[C@@H](O)[C@H](O)[C@H]1O. The number of ether oxygens (including phenoxy) is 7. The smallest absolute Gasteiger partial charge is 0.331 e. The van der Waals surface area contributed by atoms with Gasteiger partial charge >= 0.3 is 5.97 Å². The maximum Gasteiger partial charge on any atom is 0.331 e. The second-order valence-corrected chi connectivity index (χ2v) is 13.2. The highest BCUT2D eigenvalue weighted by Gasteiger charge is 2.54. The van der Waals surface area contributed by atoms with Crippen LogP contribution >= 0.6 is 0 Å². The van der Waals surface area contributed by atoms with Crippen LogP contribution in [0.25, 0.3) is 6.08 Å². The van der Waals surface area contributed by atoms with E-state index in [4.69, 9.17) is 33.2 Å². The van der Waals surface area contributed by atoms with Crippen molar-refractivity contribution in [3.8, 4) is 23.0 Å². The third-order valence-corrected chi connectivity index (χ3v) is 9.34. The van der Waals surface area contributed by atoms with Gasteiger partial charge in [-0.1, -0.05) is 12.1 Å². The molecule has 54 heavy (non-hydrogen) atoms. The molecule has 19 nitrogen and oxygen atoms in total. The quantitative estimate of drug-likeness (QED) is 0.0622. The minimum Gasteiger partial charge on any atom is -0.504 e. The molecule has 300 valence electrons. The zero-order valence-electron chi connectivity index (χ0n) is 29.1. The van der Waals surface area contributed by atoms with Crippen LogP contribution in [0, 0.1) is 0 Å². The molecule has 0 unspecified atom stereocenters. The first-order valence-corrected chi connectivity index (χ1v) is 17.1. The summed E-state index contributed by atoms with van der Waals surface area (Å²) in [6.45, 7) is 1.93. The number of benzene rings is 2. The van der Waals surface area contributed by atoms with Gasteiger partial charge in [0, 0.05) is 6.08 Å². The zero-order chi connectivity index (χ0) is 39.4. The van der Waals surface area contributed by atoms with Crippen LogP contribution in [0.3, 0.4) is 0 Å². The van der Waals surface area contributed by atoms with Gasteiger partial charge in [-0.05, 0) is 61.7 Å². The predicted octanol–water partition coefficient (Wildman–Crippen LogP) is -2.16. The van der Waals surface area contributed by atoms with Gasteiger partial charge in [0.1, 0.15) is 54.9 Å². The van der Waals surface area contributed by atoms with E-state index in [9.17, 15) is 61.0 Å². The monoisotopic (exact) mass is 770 g/mol. The average Bonchev–Trinajstić information content (AvgIpc) is 3.14. The van der Waals surface area contributed by atoms with Crippen LogP contribution in [-0.4, -0.2) is 167 Å². The Hall–Kier alpha value is -3.67. The summed E-state index contributed by atoms with van der Waals surface area (Å²) in [5.74, 6) is -2.55. The Kier molecular flexibility index (Phi) is 13.7. The summed E-state index contributed by atoms with van der Waals surface area (Å²) < 4.78 is 40.0. The number of carbonyl (C=O) groups is 1. The van der Waals surface area contributed by atoms with E-state index < -0.39 is 110 Å². The summed E-state index contributed by atoms with van der Waals surface area (Å²) in [5, 5.41) is 113. The molecule has 0 aromatic heterocycles. The van der Waals surface area contributed by atoms with E-state index in [0.29, 0.717) is 11.1 Å². The number of aliphatic hydroxyl groups excluding tert-OH is 7. The molecular formula is C35H46O19. The molecule has 15 atom stereocenters. The van der Waals surface area contributed by atoms with Gasteiger partial charge in [-0.2, -0.15) is 0 Å². The topological polar surface area (TPSA) is 304 Å². The van der Waals surface area contributed by atoms with Crippen molar-refractivity contribution in [3.63, 3.8) is 0 Å². The molecule has 3 heterocycles. The van der Waals surface area contributed by atoms with E-state index in [0.717, 1.165) is 6.08 Å². The molecule has 0 amide bonds. The van der Waals surface area contributed by atoms with Gasteiger partial charge in [0.05, 0.1) is 25.4 Å². The number of carbonyl (C=O) groups excluding carboxylic acids is 1.